The van der Waals surface area contributed by atoms with Gasteiger partial charge in [0.1, 0.15) is 11.5 Å². The number of anilines is 1. The molecule has 1 fully saturated rings. The zero-order chi connectivity index (χ0) is 27.6. The van der Waals surface area contributed by atoms with Crippen LogP contribution in [0.2, 0.25) is 0 Å². The molecule has 1 atom stereocenters. The van der Waals surface area contributed by atoms with Gasteiger partial charge in [-0.2, -0.15) is 0 Å². The number of rotatable bonds is 13. The van der Waals surface area contributed by atoms with Gasteiger partial charge in [-0.1, -0.05) is 29.8 Å². The lowest BCUT2D eigenvalue weighted by molar-refractivity contribution is -0.00211. The number of ether oxygens (including phenoxy) is 3. The molecule has 0 bridgehead atoms. The Kier molecular flexibility index (Phi) is 10.4. The highest BCUT2D eigenvalue weighted by Gasteiger charge is 2.20. The van der Waals surface area contributed by atoms with Crippen LogP contribution < -0.4 is 20.1 Å². The van der Waals surface area contributed by atoms with Crippen molar-refractivity contribution in [3.8, 4) is 22.8 Å². The Bertz CT molecular complexity index is 1190. The van der Waals surface area contributed by atoms with Gasteiger partial charge < -0.3 is 30.1 Å². The standard InChI is InChI=1S/C29H39N5O4S/c1-4-6-7-26(38-24-14-10-22(11-15-24)28(30)32-35)37-23-12-8-21(9-13-23)27-25(20-34-16-18-36-19-17-34)39-29(31-27)33(3)5-2/h8-15,26,35H,4-7,16-20H2,1-3H3,(H2,30,32). The second kappa shape index (κ2) is 14.2. The van der Waals surface area contributed by atoms with Crippen molar-refractivity contribution in [2.45, 2.75) is 45.9 Å². The number of unbranched alkanes of at least 4 members (excludes halogenated alkanes) is 1. The molecule has 1 aliphatic rings. The first-order valence-electron chi connectivity index (χ1n) is 13.5. The Morgan fingerprint density at radius 3 is 2.33 bits per heavy atom. The zero-order valence-electron chi connectivity index (χ0n) is 23.0. The molecule has 9 nitrogen and oxygen atoms in total. The number of amidine groups is 1. The van der Waals surface area contributed by atoms with E-state index in [1.807, 2.05) is 12.1 Å². The molecule has 0 saturated carbocycles. The van der Waals surface area contributed by atoms with Gasteiger partial charge in [-0.3, -0.25) is 4.90 Å². The van der Waals surface area contributed by atoms with Crippen LogP contribution in [-0.2, 0) is 11.3 Å². The molecule has 1 unspecified atom stereocenters. The van der Waals surface area contributed by atoms with Gasteiger partial charge in [0.2, 0.25) is 6.29 Å². The van der Waals surface area contributed by atoms with Gasteiger partial charge in [-0.05, 0) is 61.9 Å². The largest absolute Gasteiger partial charge is 0.455 e. The van der Waals surface area contributed by atoms with Gasteiger partial charge >= 0.3 is 0 Å². The molecule has 10 heteroatoms. The molecular formula is C29H39N5O4S. The smallest absolute Gasteiger partial charge is 0.241 e. The first kappa shape index (κ1) is 28.7. The summed E-state index contributed by atoms with van der Waals surface area (Å²) in [7, 11) is 2.08. The number of nitrogens with zero attached hydrogens (tertiary/aromatic N) is 4. The Hall–Kier alpha value is -3.34. The van der Waals surface area contributed by atoms with Gasteiger partial charge in [-0.25, -0.2) is 4.98 Å². The average Bonchev–Trinajstić information content (AvgIpc) is 3.40. The lowest BCUT2D eigenvalue weighted by Gasteiger charge is -2.26. The van der Waals surface area contributed by atoms with Crippen LogP contribution in [0.25, 0.3) is 11.3 Å². The van der Waals surface area contributed by atoms with E-state index < -0.39 is 6.29 Å². The van der Waals surface area contributed by atoms with Crippen molar-refractivity contribution in [2.24, 2.45) is 10.9 Å². The summed E-state index contributed by atoms with van der Waals surface area (Å²) in [6.07, 6.45) is 2.33. The van der Waals surface area contributed by atoms with E-state index in [4.69, 9.17) is 30.1 Å². The molecule has 210 valence electrons. The number of morpholine rings is 1. The van der Waals surface area contributed by atoms with Gasteiger partial charge in [0.15, 0.2) is 11.0 Å². The van der Waals surface area contributed by atoms with E-state index in [0.29, 0.717) is 11.3 Å². The molecule has 2 heterocycles. The lowest BCUT2D eigenvalue weighted by Crippen LogP contribution is -2.35. The number of oxime groups is 1. The van der Waals surface area contributed by atoms with E-state index in [2.05, 4.69) is 48.0 Å². The van der Waals surface area contributed by atoms with E-state index >= 15 is 0 Å². The SMILES string of the molecule is CCCCC(Oc1ccc(C(N)=NO)cc1)Oc1ccc(-c2nc(N(C)CC)sc2CN2CCOCC2)cc1. The number of nitrogens with two attached hydrogens (primary N) is 1. The maximum atomic E-state index is 8.88. The predicted octanol–water partition coefficient (Wildman–Crippen LogP) is 5.17. The Morgan fingerprint density at radius 2 is 1.74 bits per heavy atom. The lowest BCUT2D eigenvalue weighted by atomic mass is 10.1. The zero-order valence-corrected chi connectivity index (χ0v) is 23.8. The first-order chi connectivity index (χ1) is 19.0. The third-order valence-corrected chi connectivity index (χ3v) is 7.83. The predicted molar refractivity (Wildman–Crippen MR) is 156 cm³/mol. The van der Waals surface area contributed by atoms with E-state index in [-0.39, 0.29) is 5.84 Å². The van der Waals surface area contributed by atoms with Gasteiger partial charge in [0.05, 0.1) is 18.9 Å². The molecular weight excluding hydrogens is 514 g/mol. The molecule has 4 rings (SSSR count). The summed E-state index contributed by atoms with van der Waals surface area (Å²) in [6.45, 7) is 9.48. The van der Waals surface area contributed by atoms with E-state index in [9.17, 15) is 0 Å². The Balaban J connectivity index is 1.49. The molecule has 3 aromatic rings. The molecule has 1 aliphatic heterocycles. The fourth-order valence-corrected chi connectivity index (χ4v) is 5.35. The second-order valence-corrected chi connectivity index (χ2v) is 10.6. The van der Waals surface area contributed by atoms with Crippen molar-refractivity contribution >= 4 is 22.3 Å². The third kappa shape index (κ3) is 7.84. The number of hydrogen-bond acceptors (Lipinski definition) is 9. The summed E-state index contributed by atoms with van der Waals surface area (Å²) in [4.78, 5) is 10.9. The number of benzene rings is 2. The van der Waals surface area contributed by atoms with Gasteiger partial charge in [0.25, 0.3) is 0 Å². The van der Waals surface area contributed by atoms with Crippen LogP contribution in [0, 0.1) is 0 Å². The quantitative estimate of drug-likeness (QED) is 0.0982. The average molecular weight is 554 g/mol. The summed E-state index contributed by atoms with van der Waals surface area (Å²) >= 11 is 1.76. The third-order valence-electron chi connectivity index (χ3n) is 6.67. The highest BCUT2D eigenvalue weighted by molar-refractivity contribution is 7.16. The molecule has 0 radical (unpaired) electrons. The molecule has 3 N–H and O–H groups in total. The van der Waals surface area contributed by atoms with Crippen LogP contribution in [0.1, 0.15) is 43.6 Å². The summed E-state index contributed by atoms with van der Waals surface area (Å²) < 4.78 is 18.0. The fraction of sp³-hybridized carbons (Fsp3) is 0.448. The highest BCUT2D eigenvalue weighted by atomic mass is 32.1. The Morgan fingerprint density at radius 1 is 1.10 bits per heavy atom. The van der Waals surface area contributed by atoms with Crippen molar-refractivity contribution in [3.63, 3.8) is 0 Å². The number of thiazole rings is 1. The van der Waals surface area contributed by atoms with Crippen LogP contribution in [0.15, 0.2) is 53.7 Å². The molecule has 0 spiro atoms. The summed E-state index contributed by atoms with van der Waals surface area (Å²) in [5.74, 6) is 1.45. The van der Waals surface area contributed by atoms with Crippen LogP contribution in [0.4, 0.5) is 5.13 Å². The minimum atomic E-state index is -0.438. The second-order valence-electron chi connectivity index (χ2n) is 9.51. The molecule has 2 aromatic carbocycles. The molecule has 1 saturated heterocycles. The minimum Gasteiger partial charge on any atom is -0.455 e. The topological polar surface area (TPSA) is 106 Å². The maximum Gasteiger partial charge on any atom is 0.241 e. The first-order valence-corrected chi connectivity index (χ1v) is 14.3. The summed E-state index contributed by atoms with van der Waals surface area (Å²) in [5.41, 5.74) is 8.39. The summed E-state index contributed by atoms with van der Waals surface area (Å²) in [5, 5.41) is 13.0. The van der Waals surface area contributed by atoms with E-state index in [0.717, 1.165) is 80.8 Å². The van der Waals surface area contributed by atoms with Crippen molar-refractivity contribution in [1.82, 2.24) is 9.88 Å². The molecule has 39 heavy (non-hydrogen) atoms. The monoisotopic (exact) mass is 553 g/mol. The molecule has 0 aliphatic carbocycles. The van der Waals surface area contributed by atoms with Crippen molar-refractivity contribution < 1.29 is 19.4 Å². The number of aromatic nitrogens is 1. The van der Waals surface area contributed by atoms with Crippen LogP contribution in [0.5, 0.6) is 11.5 Å². The van der Waals surface area contributed by atoms with Crippen LogP contribution in [0.3, 0.4) is 0 Å². The molecule has 0 amide bonds. The normalized spacial score (nSPS) is 15.2. The van der Waals surface area contributed by atoms with Crippen LogP contribution >= 0.6 is 11.3 Å². The fourth-order valence-electron chi connectivity index (χ4n) is 4.20. The van der Waals surface area contributed by atoms with Crippen molar-refractivity contribution in [3.05, 3.63) is 59.0 Å². The van der Waals surface area contributed by atoms with Gasteiger partial charge in [0, 0.05) is 55.7 Å². The van der Waals surface area contributed by atoms with Crippen molar-refractivity contribution in [2.75, 3.05) is 44.8 Å². The minimum absolute atomic E-state index is 0.0575. The number of hydrogen-bond donors (Lipinski definition) is 2. The Labute approximate surface area is 234 Å². The van der Waals surface area contributed by atoms with Crippen LogP contribution in [-0.4, -0.2) is 67.1 Å². The van der Waals surface area contributed by atoms with Crippen molar-refractivity contribution in [1.29, 1.82) is 0 Å². The molecule has 1 aromatic heterocycles. The van der Waals surface area contributed by atoms with E-state index in [1.54, 1.807) is 35.6 Å². The maximum absolute atomic E-state index is 8.88. The van der Waals surface area contributed by atoms with E-state index in [1.165, 1.54) is 4.88 Å². The highest BCUT2D eigenvalue weighted by Crippen LogP contribution is 2.35. The summed E-state index contributed by atoms with van der Waals surface area (Å²) in [6, 6.07) is 15.2. The van der Waals surface area contributed by atoms with Gasteiger partial charge in [-0.15, -0.1) is 0 Å².